The molecule has 2 aromatic heterocycles. The summed E-state index contributed by atoms with van der Waals surface area (Å²) >= 11 is 0. The zero-order chi connectivity index (χ0) is 21.7. The van der Waals surface area contributed by atoms with Gasteiger partial charge < -0.3 is 0 Å². The molecule has 0 saturated heterocycles. The predicted octanol–water partition coefficient (Wildman–Crippen LogP) is 4.52. The fourth-order valence-electron chi connectivity index (χ4n) is 4.52. The predicted molar refractivity (Wildman–Crippen MR) is 107 cm³/mol. The number of benzene rings is 1. The average molecular weight is 414 g/mol. The van der Waals surface area contributed by atoms with Gasteiger partial charge in [-0.25, -0.2) is 13.6 Å². The van der Waals surface area contributed by atoms with Crippen molar-refractivity contribution < 1.29 is 13.3 Å². The Bertz CT molecular complexity index is 1130. The molecule has 0 saturated carbocycles. The van der Waals surface area contributed by atoms with Crippen molar-refractivity contribution in [3.8, 4) is 11.3 Å². The van der Waals surface area contributed by atoms with Gasteiger partial charge in [0.05, 0.1) is 17.0 Å². The Morgan fingerprint density at radius 2 is 1.93 bits per heavy atom. The van der Waals surface area contributed by atoms with Gasteiger partial charge in [-0.3, -0.25) is 9.51 Å². The number of H-pyrrole nitrogens is 1. The molecule has 0 bridgehead atoms. The molecule has 0 amide bonds. The van der Waals surface area contributed by atoms with Gasteiger partial charge in [-0.15, -0.1) is 0 Å². The van der Waals surface area contributed by atoms with E-state index in [1.807, 2.05) is 6.92 Å². The summed E-state index contributed by atoms with van der Waals surface area (Å²) in [6.07, 6.45) is 2.09. The van der Waals surface area contributed by atoms with Crippen molar-refractivity contribution in [3.05, 3.63) is 63.5 Å². The van der Waals surface area contributed by atoms with Crippen LogP contribution >= 0.6 is 0 Å². The van der Waals surface area contributed by atoms with E-state index in [4.69, 9.17) is 0 Å². The van der Waals surface area contributed by atoms with Crippen molar-refractivity contribution in [1.82, 2.24) is 20.3 Å². The average Bonchev–Trinajstić information content (AvgIpc) is 3.05. The van der Waals surface area contributed by atoms with Crippen molar-refractivity contribution in [2.45, 2.75) is 58.3 Å². The first-order chi connectivity index (χ1) is 14.1. The second kappa shape index (κ2) is 7.11. The topological polar surface area (TPSA) is 84.7 Å². The monoisotopic (exact) mass is 414 g/mol. The van der Waals surface area contributed by atoms with Crippen molar-refractivity contribution in [1.29, 1.82) is 0 Å². The molecule has 3 aromatic rings. The first-order valence-electron chi connectivity index (χ1n) is 9.96. The van der Waals surface area contributed by atoms with Gasteiger partial charge in [-0.1, -0.05) is 38.9 Å². The van der Waals surface area contributed by atoms with E-state index in [1.54, 1.807) is 6.07 Å². The van der Waals surface area contributed by atoms with E-state index in [0.29, 0.717) is 12.2 Å². The molecule has 2 heterocycles. The summed E-state index contributed by atoms with van der Waals surface area (Å²) in [5.74, 6) is -1.37. The number of hydrogen-bond donors (Lipinski definition) is 1. The van der Waals surface area contributed by atoms with Gasteiger partial charge in [-0.05, 0) is 47.9 Å². The second-order valence-electron chi connectivity index (χ2n) is 9.37. The van der Waals surface area contributed by atoms with Crippen LogP contribution < -0.4 is 5.76 Å². The third kappa shape index (κ3) is 3.55. The summed E-state index contributed by atoms with van der Waals surface area (Å²) < 4.78 is 33.4. The van der Waals surface area contributed by atoms with Crippen LogP contribution in [0.1, 0.15) is 63.5 Å². The van der Waals surface area contributed by atoms with Gasteiger partial charge in [0.1, 0.15) is 11.6 Å². The summed E-state index contributed by atoms with van der Waals surface area (Å²) in [6.45, 7) is 8.46. The Kier molecular flexibility index (Phi) is 4.83. The minimum Gasteiger partial charge on any atom is -0.296 e. The summed E-state index contributed by atoms with van der Waals surface area (Å²) in [5, 5.41) is 12.5. The molecule has 6 nitrogen and oxygen atoms in total. The van der Waals surface area contributed by atoms with E-state index < -0.39 is 22.8 Å². The smallest absolute Gasteiger partial charge is 0.296 e. The minimum absolute atomic E-state index is 0.0770. The number of rotatable bonds is 3. The van der Waals surface area contributed by atoms with Gasteiger partial charge in [0.2, 0.25) is 0 Å². The zero-order valence-corrected chi connectivity index (χ0v) is 17.4. The molecular weight excluding hydrogens is 390 g/mol. The van der Waals surface area contributed by atoms with Crippen molar-refractivity contribution in [3.63, 3.8) is 0 Å². The first-order valence-corrected chi connectivity index (χ1v) is 9.96. The third-order valence-corrected chi connectivity index (χ3v) is 6.06. The number of fused-ring (bicyclic) bond motifs is 1. The Morgan fingerprint density at radius 3 is 2.53 bits per heavy atom. The van der Waals surface area contributed by atoms with Gasteiger partial charge in [0, 0.05) is 11.8 Å². The largest absolute Gasteiger partial charge is 0.438 e. The number of hydrogen-bond acceptors (Lipinski definition) is 5. The highest BCUT2D eigenvalue weighted by Crippen LogP contribution is 2.50. The summed E-state index contributed by atoms with van der Waals surface area (Å²) in [4.78, 5) is 13.9. The summed E-state index contributed by atoms with van der Waals surface area (Å²) in [5.41, 5.74) is 1.17. The van der Waals surface area contributed by atoms with Crippen LogP contribution in [0.2, 0.25) is 0 Å². The van der Waals surface area contributed by atoms with E-state index in [0.717, 1.165) is 24.1 Å². The molecule has 1 N–H and O–H groups in total. The molecule has 30 heavy (non-hydrogen) atoms. The molecule has 1 aromatic carbocycles. The number of halogens is 2. The number of aromatic nitrogens is 4. The third-order valence-electron chi connectivity index (χ3n) is 6.06. The molecule has 0 radical (unpaired) electrons. The SMILES string of the molecule is CC(C)(C)[C@H]1CC[C@](C)(Cc2noc(=O)[nH]2)c2nnc(-c3c(F)cccc3F)cc21. The molecule has 158 valence electrons. The lowest BCUT2D eigenvalue weighted by Gasteiger charge is -2.42. The van der Waals surface area contributed by atoms with Crippen LogP contribution in [-0.4, -0.2) is 20.3 Å². The van der Waals surface area contributed by atoms with Gasteiger partial charge in [0.25, 0.3) is 0 Å². The fourth-order valence-corrected chi connectivity index (χ4v) is 4.52. The highest BCUT2D eigenvalue weighted by molar-refractivity contribution is 5.62. The van der Waals surface area contributed by atoms with Crippen LogP contribution in [0, 0.1) is 17.0 Å². The van der Waals surface area contributed by atoms with Crippen LogP contribution in [0.3, 0.4) is 0 Å². The number of nitrogens with one attached hydrogen (secondary N) is 1. The lowest BCUT2D eigenvalue weighted by Crippen LogP contribution is -2.37. The summed E-state index contributed by atoms with van der Waals surface area (Å²) in [7, 11) is 0. The second-order valence-corrected chi connectivity index (χ2v) is 9.37. The van der Waals surface area contributed by atoms with Crippen molar-refractivity contribution >= 4 is 0 Å². The Labute approximate surface area is 172 Å². The first kappa shape index (κ1) is 20.4. The maximum Gasteiger partial charge on any atom is 0.438 e. The lowest BCUT2D eigenvalue weighted by atomic mass is 9.62. The standard InChI is InChI=1S/C22H24F2N4O2/c1-21(2,3)13-8-9-22(4,11-17-25-20(29)30-28-17)19-12(13)10-16(26-27-19)18-14(23)6-5-7-15(18)24/h5-7,10,13H,8-9,11H2,1-4H3,(H,25,28,29)/t13-,22+/m0/s1. The van der Waals surface area contributed by atoms with E-state index in [2.05, 4.69) is 45.6 Å². The maximum atomic E-state index is 14.4. The molecule has 0 unspecified atom stereocenters. The normalized spacial score (nSPS) is 21.5. The Morgan fingerprint density at radius 1 is 1.23 bits per heavy atom. The number of nitrogens with zero attached hydrogens (tertiary/aromatic N) is 3. The minimum atomic E-state index is -0.671. The molecule has 1 aliphatic carbocycles. The van der Waals surface area contributed by atoms with E-state index in [1.165, 1.54) is 18.2 Å². The van der Waals surface area contributed by atoms with Crippen LogP contribution in [0.4, 0.5) is 8.78 Å². The number of aromatic amines is 1. The Hall–Kier alpha value is -2.90. The van der Waals surface area contributed by atoms with Gasteiger partial charge in [0.15, 0.2) is 5.82 Å². The van der Waals surface area contributed by atoms with Crippen LogP contribution in [-0.2, 0) is 11.8 Å². The Balaban J connectivity index is 1.86. The molecule has 1 aliphatic rings. The van der Waals surface area contributed by atoms with Crippen molar-refractivity contribution in [2.75, 3.05) is 0 Å². The fraction of sp³-hybridized carbons (Fsp3) is 0.455. The van der Waals surface area contributed by atoms with Crippen LogP contribution in [0.25, 0.3) is 11.3 Å². The highest BCUT2D eigenvalue weighted by atomic mass is 19.1. The lowest BCUT2D eigenvalue weighted by molar-refractivity contribution is 0.240. The molecule has 8 heteroatoms. The van der Waals surface area contributed by atoms with Crippen LogP contribution in [0.5, 0.6) is 0 Å². The summed E-state index contributed by atoms with van der Waals surface area (Å²) in [6, 6.07) is 5.52. The van der Waals surface area contributed by atoms with Gasteiger partial charge >= 0.3 is 5.76 Å². The van der Waals surface area contributed by atoms with Crippen LogP contribution in [0.15, 0.2) is 33.6 Å². The highest BCUT2D eigenvalue weighted by Gasteiger charge is 2.43. The molecule has 0 aliphatic heterocycles. The van der Waals surface area contributed by atoms with E-state index in [9.17, 15) is 13.6 Å². The molecule has 0 fully saturated rings. The molecule has 2 atom stereocenters. The molecular formula is C22H24F2N4O2. The quantitative estimate of drug-likeness (QED) is 0.681. The van der Waals surface area contributed by atoms with Crippen molar-refractivity contribution in [2.24, 2.45) is 5.41 Å². The molecule has 4 rings (SSSR count). The maximum absolute atomic E-state index is 14.4. The van der Waals surface area contributed by atoms with E-state index in [-0.39, 0.29) is 22.6 Å². The van der Waals surface area contributed by atoms with Gasteiger partial charge in [-0.2, -0.15) is 10.2 Å². The van der Waals surface area contributed by atoms with E-state index >= 15 is 0 Å². The zero-order valence-electron chi connectivity index (χ0n) is 17.4. The molecule has 0 spiro atoms.